The van der Waals surface area contributed by atoms with Crippen molar-refractivity contribution < 1.29 is 4.79 Å². The molecule has 0 saturated heterocycles. The molecule has 1 amide bonds. The van der Waals surface area contributed by atoms with Crippen LogP contribution >= 0.6 is 0 Å². The molecule has 0 aromatic carbocycles. The van der Waals surface area contributed by atoms with Gasteiger partial charge in [-0.1, -0.05) is 70.6 Å². The minimum atomic E-state index is -0.332. The van der Waals surface area contributed by atoms with Gasteiger partial charge in [0, 0.05) is 17.8 Å². The molecule has 4 nitrogen and oxygen atoms in total. The number of terminal acetylenes is 1. The zero-order valence-corrected chi connectivity index (χ0v) is 13.9. The van der Waals surface area contributed by atoms with Gasteiger partial charge >= 0.3 is 0 Å². The summed E-state index contributed by atoms with van der Waals surface area (Å²) in [5, 5.41) is 3.06. The van der Waals surface area contributed by atoms with Crippen molar-refractivity contribution in [3.8, 4) is 12.3 Å². The van der Waals surface area contributed by atoms with E-state index in [1.54, 1.807) is 0 Å². The molecular weight excluding hydrogens is 274 g/mol. The molecule has 0 spiro atoms. The average molecular weight is 305 g/mol. The second-order valence-corrected chi connectivity index (χ2v) is 5.88. The first-order valence-electron chi connectivity index (χ1n) is 8.82. The first-order valence-corrected chi connectivity index (χ1v) is 8.82. The molecule has 0 radical (unpaired) electrons. The Labute approximate surface area is 135 Å². The number of carbonyl (C=O) groups excluding carboxylic acids is 1. The van der Waals surface area contributed by atoms with Crippen molar-refractivity contribution in [2.24, 2.45) is 5.11 Å². The first-order chi connectivity index (χ1) is 10.8. The van der Waals surface area contributed by atoms with Gasteiger partial charge in [0.1, 0.15) is 0 Å². The summed E-state index contributed by atoms with van der Waals surface area (Å²) < 4.78 is 0. The van der Waals surface area contributed by atoms with Crippen LogP contribution in [0.5, 0.6) is 0 Å². The lowest BCUT2D eigenvalue weighted by Gasteiger charge is -2.02. The van der Waals surface area contributed by atoms with Crippen LogP contribution in [0.15, 0.2) is 5.11 Å². The van der Waals surface area contributed by atoms with Crippen molar-refractivity contribution in [1.82, 2.24) is 0 Å². The third-order valence-corrected chi connectivity index (χ3v) is 3.87. The Hall–Kier alpha value is -1.46. The average Bonchev–Trinajstić information content (AvgIpc) is 2.51. The van der Waals surface area contributed by atoms with E-state index in [2.05, 4.69) is 15.9 Å². The number of amides is 1. The lowest BCUT2D eigenvalue weighted by atomic mass is 10.0. The molecule has 0 rings (SSSR count). The van der Waals surface area contributed by atoms with E-state index in [4.69, 9.17) is 12.0 Å². The number of azide groups is 1. The van der Waals surface area contributed by atoms with Crippen LogP contribution in [-0.2, 0) is 4.79 Å². The molecule has 0 atom stereocenters. The van der Waals surface area contributed by atoms with Gasteiger partial charge in [-0.2, -0.15) is 0 Å². The van der Waals surface area contributed by atoms with Gasteiger partial charge in [0.05, 0.1) is 0 Å². The standard InChI is InChI=1S/C18H31N3O/c1-2-3-4-5-6-7-8-9-10-11-12-13-14-15-16-17-18(22)20-21-19/h1H,3-17H2. The van der Waals surface area contributed by atoms with Gasteiger partial charge in [-0.15, -0.1) is 12.3 Å². The van der Waals surface area contributed by atoms with Crippen LogP contribution in [0.1, 0.15) is 96.3 Å². The fourth-order valence-electron chi connectivity index (χ4n) is 2.55. The van der Waals surface area contributed by atoms with Gasteiger partial charge < -0.3 is 0 Å². The SMILES string of the molecule is C#CCCCCCCCCCCCCCCCC(=O)N=[N+]=[N-]. The number of rotatable bonds is 15. The van der Waals surface area contributed by atoms with Crippen LogP contribution in [0.3, 0.4) is 0 Å². The van der Waals surface area contributed by atoms with Crippen molar-refractivity contribution in [2.45, 2.75) is 96.3 Å². The normalized spacial score (nSPS) is 9.95. The largest absolute Gasteiger partial charge is 0.293 e. The molecule has 22 heavy (non-hydrogen) atoms. The summed E-state index contributed by atoms with van der Waals surface area (Å²) in [7, 11) is 0. The minimum Gasteiger partial charge on any atom is -0.293 e. The molecule has 0 aliphatic rings. The molecule has 0 aromatic heterocycles. The number of hydrogen-bond acceptors (Lipinski definition) is 1. The number of nitrogens with zero attached hydrogens (tertiary/aromatic N) is 3. The Bertz CT molecular complexity index is 354. The lowest BCUT2D eigenvalue weighted by molar-refractivity contribution is -0.118. The third-order valence-electron chi connectivity index (χ3n) is 3.87. The summed E-state index contributed by atoms with van der Waals surface area (Å²) in [6.07, 6.45) is 22.7. The first kappa shape index (κ1) is 20.5. The van der Waals surface area contributed by atoms with E-state index >= 15 is 0 Å². The molecule has 124 valence electrons. The Balaban J connectivity index is 3.07. The van der Waals surface area contributed by atoms with E-state index in [-0.39, 0.29) is 5.91 Å². The quantitative estimate of drug-likeness (QED) is 0.115. The lowest BCUT2D eigenvalue weighted by Crippen LogP contribution is -1.91. The molecule has 0 unspecified atom stereocenters. The van der Waals surface area contributed by atoms with Crippen LogP contribution in [-0.4, -0.2) is 5.91 Å². The predicted octanol–water partition coefficient (Wildman–Crippen LogP) is 6.31. The monoisotopic (exact) mass is 305 g/mol. The number of unbranched alkanes of at least 4 members (excludes halogenated alkanes) is 13. The highest BCUT2D eigenvalue weighted by Gasteiger charge is 1.98. The second-order valence-electron chi connectivity index (χ2n) is 5.88. The van der Waals surface area contributed by atoms with Gasteiger partial charge in [0.2, 0.25) is 5.91 Å². The molecule has 0 aromatic rings. The van der Waals surface area contributed by atoms with E-state index < -0.39 is 0 Å². The third kappa shape index (κ3) is 16.6. The highest BCUT2D eigenvalue weighted by molar-refractivity contribution is 5.76. The summed E-state index contributed by atoms with van der Waals surface area (Å²) >= 11 is 0. The molecular formula is C18H31N3O. The van der Waals surface area contributed by atoms with E-state index in [9.17, 15) is 4.79 Å². The van der Waals surface area contributed by atoms with Crippen LogP contribution in [0.2, 0.25) is 0 Å². The van der Waals surface area contributed by atoms with Gasteiger partial charge in [0.15, 0.2) is 0 Å². The molecule has 0 aliphatic heterocycles. The van der Waals surface area contributed by atoms with Crippen molar-refractivity contribution in [2.75, 3.05) is 0 Å². The maximum atomic E-state index is 10.9. The molecule has 0 heterocycles. The van der Waals surface area contributed by atoms with Crippen molar-refractivity contribution >= 4 is 5.91 Å². The predicted molar refractivity (Wildman–Crippen MR) is 92.2 cm³/mol. The summed E-state index contributed by atoms with van der Waals surface area (Å²) in [5.41, 5.74) is 8.09. The van der Waals surface area contributed by atoms with Gasteiger partial charge in [-0.25, -0.2) is 0 Å². The van der Waals surface area contributed by atoms with E-state index in [1.807, 2.05) is 0 Å². The molecule has 0 fully saturated rings. The van der Waals surface area contributed by atoms with Gasteiger partial charge in [-0.3, -0.25) is 4.79 Å². The number of carbonyl (C=O) groups is 1. The Kier molecular flexibility index (Phi) is 16.4. The van der Waals surface area contributed by atoms with E-state index in [1.165, 1.54) is 70.6 Å². The fourth-order valence-corrected chi connectivity index (χ4v) is 2.55. The molecule has 0 bridgehead atoms. The summed E-state index contributed by atoms with van der Waals surface area (Å²) in [5.74, 6) is 2.35. The summed E-state index contributed by atoms with van der Waals surface area (Å²) in [6, 6.07) is 0. The molecule has 0 aliphatic carbocycles. The van der Waals surface area contributed by atoms with Crippen LogP contribution < -0.4 is 0 Å². The van der Waals surface area contributed by atoms with E-state index in [0.717, 1.165) is 19.3 Å². The van der Waals surface area contributed by atoms with Crippen molar-refractivity contribution in [3.63, 3.8) is 0 Å². The van der Waals surface area contributed by atoms with Gasteiger partial charge in [0.25, 0.3) is 0 Å². The topological polar surface area (TPSA) is 65.8 Å². The Morgan fingerprint density at radius 3 is 1.64 bits per heavy atom. The molecule has 4 heteroatoms. The highest BCUT2D eigenvalue weighted by atomic mass is 16.1. The number of hydrogen-bond donors (Lipinski definition) is 0. The molecule has 0 saturated carbocycles. The van der Waals surface area contributed by atoms with Crippen LogP contribution in [0.25, 0.3) is 10.4 Å². The van der Waals surface area contributed by atoms with Crippen molar-refractivity contribution in [3.05, 3.63) is 10.4 Å². The maximum absolute atomic E-state index is 10.9. The van der Waals surface area contributed by atoms with Crippen LogP contribution in [0.4, 0.5) is 0 Å². The molecule has 0 N–H and O–H groups in total. The van der Waals surface area contributed by atoms with Crippen LogP contribution in [0, 0.1) is 12.3 Å². The Morgan fingerprint density at radius 2 is 1.23 bits per heavy atom. The summed E-state index contributed by atoms with van der Waals surface area (Å²) in [6.45, 7) is 0. The minimum absolute atomic E-state index is 0.332. The van der Waals surface area contributed by atoms with E-state index in [0.29, 0.717) is 6.42 Å². The van der Waals surface area contributed by atoms with Crippen molar-refractivity contribution in [1.29, 1.82) is 0 Å². The highest BCUT2D eigenvalue weighted by Crippen LogP contribution is 2.13. The zero-order valence-electron chi connectivity index (χ0n) is 13.9. The fraction of sp³-hybridized carbons (Fsp3) is 0.833. The smallest absolute Gasteiger partial charge is 0.218 e. The second kappa shape index (κ2) is 17.6. The Morgan fingerprint density at radius 1 is 0.818 bits per heavy atom. The maximum Gasteiger partial charge on any atom is 0.218 e. The zero-order chi connectivity index (χ0) is 16.3. The summed E-state index contributed by atoms with van der Waals surface area (Å²) in [4.78, 5) is 13.4. The van der Waals surface area contributed by atoms with Gasteiger partial charge in [-0.05, 0) is 23.5 Å².